The quantitative estimate of drug-likeness (QED) is 0.570. The molecular formula is C12H15N5O3. The molecule has 8 heteroatoms. The van der Waals surface area contributed by atoms with E-state index in [-0.39, 0.29) is 35.9 Å². The zero-order valence-electron chi connectivity index (χ0n) is 11.0. The van der Waals surface area contributed by atoms with Gasteiger partial charge < -0.3 is 10.6 Å². The summed E-state index contributed by atoms with van der Waals surface area (Å²) in [5.74, 6) is -0.143. The minimum atomic E-state index is -0.662. The maximum atomic E-state index is 11.4. The van der Waals surface area contributed by atoms with E-state index in [2.05, 4.69) is 15.6 Å². The number of amides is 1. The van der Waals surface area contributed by atoms with Crippen LogP contribution in [0.3, 0.4) is 0 Å². The lowest BCUT2D eigenvalue weighted by atomic mass is 10.2. The topological polar surface area (TPSA) is 121 Å². The number of aromatic nitrogens is 1. The van der Waals surface area contributed by atoms with Crippen LogP contribution >= 0.6 is 0 Å². The molecule has 106 valence electrons. The number of hydrogen-bond donors (Lipinski definition) is 2. The van der Waals surface area contributed by atoms with Gasteiger partial charge in [-0.15, -0.1) is 0 Å². The van der Waals surface area contributed by atoms with Gasteiger partial charge in [0, 0.05) is 25.7 Å². The standard InChI is InChI=1S/C12H15N5O3/c1-2-5-14-10(18)4-7-16-12-11(17(19)20)9(8-13)3-6-15-12/h3,6H,2,4-5,7H2,1H3,(H,14,18)(H,15,16). The summed E-state index contributed by atoms with van der Waals surface area (Å²) in [5, 5.41) is 25.2. The first kappa shape index (κ1) is 15.4. The lowest BCUT2D eigenvalue weighted by Gasteiger charge is -2.07. The molecule has 1 aromatic heterocycles. The van der Waals surface area contributed by atoms with Crippen molar-refractivity contribution in [2.45, 2.75) is 19.8 Å². The second-order valence-corrected chi connectivity index (χ2v) is 3.95. The van der Waals surface area contributed by atoms with E-state index >= 15 is 0 Å². The second-order valence-electron chi connectivity index (χ2n) is 3.95. The minimum absolute atomic E-state index is 0.00246. The molecule has 0 aliphatic carbocycles. The van der Waals surface area contributed by atoms with Crippen molar-refractivity contribution in [2.24, 2.45) is 0 Å². The largest absolute Gasteiger partial charge is 0.364 e. The van der Waals surface area contributed by atoms with Crippen molar-refractivity contribution in [1.82, 2.24) is 10.3 Å². The Morgan fingerprint density at radius 2 is 2.30 bits per heavy atom. The zero-order chi connectivity index (χ0) is 15.0. The van der Waals surface area contributed by atoms with Crippen LogP contribution in [0.1, 0.15) is 25.3 Å². The molecule has 2 N–H and O–H groups in total. The van der Waals surface area contributed by atoms with Crippen LogP contribution in [0, 0.1) is 21.4 Å². The molecule has 0 fully saturated rings. The number of nitrogens with zero attached hydrogens (tertiary/aromatic N) is 3. The van der Waals surface area contributed by atoms with Gasteiger partial charge in [0.05, 0.1) is 4.92 Å². The van der Waals surface area contributed by atoms with Crippen molar-refractivity contribution < 1.29 is 9.72 Å². The number of hydrogen-bond acceptors (Lipinski definition) is 6. The van der Waals surface area contributed by atoms with E-state index in [4.69, 9.17) is 5.26 Å². The first-order valence-corrected chi connectivity index (χ1v) is 6.14. The second kappa shape index (κ2) is 7.68. The number of anilines is 1. The highest BCUT2D eigenvalue weighted by atomic mass is 16.6. The molecule has 0 aliphatic rings. The van der Waals surface area contributed by atoms with E-state index in [1.165, 1.54) is 12.3 Å². The molecule has 0 spiro atoms. The molecule has 1 aromatic rings. The Labute approximate surface area is 116 Å². The van der Waals surface area contributed by atoms with Crippen molar-refractivity contribution in [1.29, 1.82) is 5.26 Å². The highest BCUT2D eigenvalue weighted by molar-refractivity contribution is 5.76. The van der Waals surface area contributed by atoms with Gasteiger partial charge in [0.2, 0.25) is 11.7 Å². The maximum Gasteiger partial charge on any atom is 0.328 e. The molecule has 1 amide bonds. The first-order chi connectivity index (χ1) is 9.60. The molecule has 0 bridgehead atoms. The van der Waals surface area contributed by atoms with Crippen molar-refractivity contribution in [3.05, 3.63) is 27.9 Å². The number of rotatable bonds is 7. The highest BCUT2D eigenvalue weighted by Gasteiger charge is 2.20. The lowest BCUT2D eigenvalue weighted by molar-refractivity contribution is -0.384. The third-order valence-electron chi connectivity index (χ3n) is 2.44. The summed E-state index contributed by atoms with van der Waals surface area (Å²) >= 11 is 0. The summed E-state index contributed by atoms with van der Waals surface area (Å²) in [7, 11) is 0. The fourth-order valence-electron chi connectivity index (χ4n) is 1.51. The minimum Gasteiger partial charge on any atom is -0.364 e. The summed E-state index contributed by atoms with van der Waals surface area (Å²) in [6.45, 7) is 2.75. The number of carbonyl (C=O) groups is 1. The van der Waals surface area contributed by atoms with Crippen LogP contribution in [-0.2, 0) is 4.79 Å². The van der Waals surface area contributed by atoms with Crippen LogP contribution < -0.4 is 10.6 Å². The number of carbonyl (C=O) groups excluding carboxylic acids is 1. The fraction of sp³-hybridized carbons (Fsp3) is 0.417. The Morgan fingerprint density at radius 3 is 2.90 bits per heavy atom. The number of nitriles is 1. The molecule has 0 atom stereocenters. The number of pyridine rings is 1. The van der Waals surface area contributed by atoms with Crippen LogP contribution in [-0.4, -0.2) is 28.9 Å². The van der Waals surface area contributed by atoms with E-state index in [0.29, 0.717) is 6.54 Å². The van der Waals surface area contributed by atoms with Gasteiger partial charge in [-0.3, -0.25) is 14.9 Å². The van der Waals surface area contributed by atoms with Crippen LogP contribution in [0.4, 0.5) is 11.5 Å². The summed E-state index contributed by atoms with van der Waals surface area (Å²) in [6, 6.07) is 3.02. The Kier molecular flexibility index (Phi) is 5.90. The van der Waals surface area contributed by atoms with Gasteiger partial charge in [-0.2, -0.15) is 5.26 Å². The zero-order valence-corrected chi connectivity index (χ0v) is 11.0. The van der Waals surface area contributed by atoms with Crippen LogP contribution in [0.15, 0.2) is 12.3 Å². The van der Waals surface area contributed by atoms with Crippen molar-refractivity contribution in [2.75, 3.05) is 18.4 Å². The molecule has 0 saturated heterocycles. The van der Waals surface area contributed by atoms with E-state index in [0.717, 1.165) is 6.42 Å². The summed E-state index contributed by atoms with van der Waals surface area (Å²) < 4.78 is 0. The van der Waals surface area contributed by atoms with Crippen LogP contribution in [0.25, 0.3) is 0 Å². The van der Waals surface area contributed by atoms with E-state index in [1.807, 2.05) is 6.92 Å². The third kappa shape index (κ3) is 4.20. The average Bonchev–Trinajstić information content (AvgIpc) is 2.44. The van der Waals surface area contributed by atoms with Crippen molar-refractivity contribution in [3.63, 3.8) is 0 Å². The molecule has 1 rings (SSSR count). The maximum absolute atomic E-state index is 11.4. The Balaban J connectivity index is 2.67. The van der Waals surface area contributed by atoms with Crippen LogP contribution in [0.2, 0.25) is 0 Å². The summed E-state index contributed by atoms with van der Waals surface area (Å²) in [5.41, 5.74) is -0.438. The molecule has 0 unspecified atom stereocenters. The molecule has 0 aromatic carbocycles. The van der Waals surface area contributed by atoms with E-state index < -0.39 is 4.92 Å². The molecule has 1 heterocycles. The van der Waals surface area contributed by atoms with E-state index in [9.17, 15) is 14.9 Å². The van der Waals surface area contributed by atoms with Gasteiger partial charge in [-0.1, -0.05) is 6.92 Å². The predicted octanol–water partition coefficient (Wildman–Crippen LogP) is 1.19. The molecule has 20 heavy (non-hydrogen) atoms. The molecule has 0 saturated carbocycles. The Morgan fingerprint density at radius 1 is 1.55 bits per heavy atom. The van der Waals surface area contributed by atoms with Gasteiger partial charge >= 0.3 is 5.69 Å². The van der Waals surface area contributed by atoms with E-state index in [1.54, 1.807) is 6.07 Å². The van der Waals surface area contributed by atoms with Crippen LogP contribution in [0.5, 0.6) is 0 Å². The monoisotopic (exact) mass is 277 g/mol. The number of nitro groups is 1. The smallest absolute Gasteiger partial charge is 0.328 e. The Bertz CT molecular complexity index is 538. The molecule has 0 aliphatic heterocycles. The van der Waals surface area contributed by atoms with Gasteiger partial charge in [-0.25, -0.2) is 4.98 Å². The third-order valence-corrected chi connectivity index (χ3v) is 2.44. The van der Waals surface area contributed by atoms with Crippen molar-refractivity contribution in [3.8, 4) is 6.07 Å². The summed E-state index contributed by atoms with van der Waals surface area (Å²) in [4.78, 5) is 25.5. The fourth-order valence-corrected chi connectivity index (χ4v) is 1.51. The normalized spacial score (nSPS) is 9.60. The predicted molar refractivity (Wildman–Crippen MR) is 72.0 cm³/mol. The number of nitrogens with one attached hydrogen (secondary N) is 2. The van der Waals surface area contributed by atoms with Gasteiger partial charge in [0.1, 0.15) is 11.6 Å². The highest BCUT2D eigenvalue weighted by Crippen LogP contribution is 2.25. The first-order valence-electron chi connectivity index (χ1n) is 6.14. The average molecular weight is 277 g/mol. The SMILES string of the molecule is CCCNC(=O)CCNc1nccc(C#N)c1[N+](=O)[O-]. The molecular weight excluding hydrogens is 262 g/mol. The van der Waals surface area contributed by atoms with Gasteiger partial charge in [-0.05, 0) is 12.5 Å². The lowest BCUT2D eigenvalue weighted by Crippen LogP contribution is -2.26. The molecule has 0 radical (unpaired) electrons. The van der Waals surface area contributed by atoms with Crippen molar-refractivity contribution >= 4 is 17.4 Å². The Hall–Kier alpha value is -2.69. The summed E-state index contributed by atoms with van der Waals surface area (Å²) in [6.07, 6.45) is 2.33. The van der Waals surface area contributed by atoms with Gasteiger partial charge in [0.15, 0.2) is 0 Å². The van der Waals surface area contributed by atoms with Gasteiger partial charge in [0.25, 0.3) is 0 Å². The molecule has 8 nitrogen and oxygen atoms in total.